The third kappa shape index (κ3) is 3.67. The third-order valence-corrected chi connectivity index (χ3v) is 4.90. The van der Waals surface area contributed by atoms with Crippen molar-refractivity contribution in [1.82, 2.24) is 9.62 Å². The lowest BCUT2D eigenvalue weighted by molar-refractivity contribution is 0.259. The van der Waals surface area contributed by atoms with Gasteiger partial charge in [0.05, 0.1) is 17.3 Å². The van der Waals surface area contributed by atoms with Gasteiger partial charge in [-0.15, -0.1) is 0 Å². The molecule has 0 bridgehead atoms. The first-order valence-corrected chi connectivity index (χ1v) is 8.32. The molecule has 0 saturated carbocycles. The molecule has 22 heavy (non-hydrogen) atoms. The van der Waals surface area contributed by atoms with E-state index in [0.717, 1.165) is 0 Å². The molecular weight excluding hydrogens is 331 g/mol. The van der Waals surface area contributed by atoms with Crippen molar-refractivity contribution in [3.8, 4) is 0 Å². The maximum atomic E-state index is 13.9. The van der Waals surface area contributed by atoms with Gasteiger partial charge in [-0.05, 0) is 38.4 Å². The zero-order valence-corrected chi connectivity index (χ0v) is 13.7. The van der Waals surface area contributed by atoms with E-state index in [9.17, 15) is 12.8 Å². The number of hydrogen-bond acceptors (Lipinski definition) is 4. The Morgan fingerprint density at radius 1 is 1.32 bits per heavy atom. The number of nitrogens with zero attached hydrogens (tertiary/aromatic N) is 1. The van der Waals surface area contributed by atoms with E-state index in [-0.39, 0.29) is 17.6 Å². The zero-order chi connectivity index (χ0) is 16.3. The predicted molar refractivity (Wildman–Crippen MR) is 81.7 cm³/mol. The Labute approximate surface area is 133 Å². The number of furan rings is 1. The van der Waals surface area contributed by atoms with E-state index in [2.05, 4.69) is 4.72 Å². The van der Waals surface area contributed by atoms with Gasteiger partial charge in [-0.3, -0.25) is 4.90 Å². The molecule has 0 aliphatic carbocycles. The molecule has 2 aromatic rings. The van der Waals surface area contributed by atoms with Gasteiger partial charge in [-0.25, -0.2) is 17.5 Å². The molecule has 1 aromatic carbocycles. The molecule has 0 fully saturated rings. The summed E-state index contributed by atoms with van der Waals surface area (Å²) in [6, 6.07) is 7.00. The Balaban J connectivity index is 2.20. The summed E-state index contributed by atoms with van der Waals surface area (Å²) in [6.45, 7) is 0.0365. The van der Waals surface area contributed by atoms with Crippen molar-refractivity contribution in [1.29, 1.82) is 0 Å². The normalized spacial score (nSPS) is 13.5. The first-order valence-electron chi connectivity index (χ1n) is 6.46. The third-order valence-electron chi connectivity index (χ3n) is 3.17. The van der Waals surface area contributed by atoms with Crippen molar-refractivity contribution in [2.75, 3.05) is 20.6 Å². The van der Waals surface area contributed by atoms with Crippen molar-refractivity contribution >= 4 is 21.6 Å². The summed E-state index contributed by atoms with van der Waals surface area (Å²) in [7, 11) is -0.425. The van der Waals surface area contributed by atoms with E-state index in [0.29, 0.717) is 5.76 Å². The Bertz CT molecular complexity index is 733. The summed E-state index contributed by atoms with van der Waals surface area (Å²) in [5.41, 5.74) is 0. The minimum absolute atomic E-state index is 0.0365. The maximum absolute atomic E-state index is 13.9. The molecule has 1 atom stereocenters. The van der Waals surface area contributed by atoms with Crippen molar-refractivity contribution in [3.63, 3.8) is 0 Å². The molecule has 1 unspecified atom stereocenters. The van der Waals surface area contributed by atoms with Crippen LogP contribution in [-0.2, 0) is 10.0 Å². The van der Waals surface area contributed by atoms with Crippen LogP contribution < -0.4 is 4.72 Å². The van der Waals surface area contributed by atoms with Gasteiger partial charge in [-0.2, -0.15) is 0 Å². The maximum Gasteiger partial charge on any atom is 0.243 e. The van der Waals surface area contributed by atoms with Gasteiger partial charge in [0.1, 0.15) is 10.7 Å². The summed E-state index contributed by atoms with van der Waals surface area (Å²) < 4.78 is 46.0. The SMILES string of the molecule is CN(C)C(CNS(=O)(=O)c1cccc(Cl)c1F)c1ccco1. The van der Waals surface area contributed by atoms with Gasteiger partial charge in [-0.1, -0.05) is 17.7 Å². The summed E-state index contributed by atoms with van der Waals surface area (Å²) >= 11 is 5.62. The highest BCUT2D eigenvalue weighted by Crippen LogP contribution is 2.23. The Morgan fingerprint density at radius 2 is 2.05 bits per heavy atom. The van der Waals surface area contributed by atoms with Crippen molar-refractivity contribution < 1.29 is 17.2 Å². The van der Waals surface area contributed by atoms with E-state index < -0.39 is 20.7 Å². The molecule has 8 heteroatoms. The minimum atomic E-state index is -4.01. The second-order valence-corrected chi connectivity index (χ2v) is 7.04. The largest absolute Gasteiger partial charge is 0.468 e. The zero-order valence-electron chi connectivity index (χ0n) is 12.1. The molecule has 2 rings (SSSR count). The fraction of sp³-hybridized carbons (Fsp3) is 0.286. The Morgan fingerprint density at radius 3 is 2.64 bits per heavy atom. The Kier molecular flexibility index (Phi) is 5.23. The molecule has 0 amide bonds. The highest BCUT2D eigenvalue weighted by atomic mass is 35.5. The highest BCUT2D eigenvalue weighted by Gasteiger charge is 2.24. The summed E-state index contributed by atoms with van der Waals surface area (Å²) in [5.74, 6) is -0.352. The molecule has 0 saturated heterocycles. The molecule has 1 heterocycles. The number of hydrogen-bond donors (Lipinski definition) is 1. The summed E-state index contributed by atoms with van der Waals surface area (Å²) in [5, 5.41) is -0.238. The minimum Gasteiger partial charge on any atom is -0.468 e. The lowest BCUT2D eigenvalue weighted by Gasteiger charge is -2.22. The lowest BCUT2D eigenvalue weighted by Crippen LogP contribution is -2.34. The molecule has 0 aliphatic rings. The van der Waals surface area contributed by atoms with Crippen molar-refractivity contribution in [2.45, 2.75) is 10.9 Å². The number of nitrogens with one attached hydrogen (secondary N) is 1. The lowest BCUT2D eigenvalue weighted by atomic mass is 10.2. The average Bonchev–Trinajstić information content (AvgIpc) is 2.95. The fourth-order valence-corrected chi connectivity index (χ4v) is 3.34. The van der Waals surface area contributed by atoms with Crippen LogP contribution in [0, 0.1) is 5.82 Å². The van der Waals surface area contributed by atoms with Crippen LogP contribution in [0.1, 0.15) is 11.8 Å². The van der Waals surface area contributed by atoms with E-state index in [4.69, 9.17) is 16.0 Å². The van der Waals surface area contributed by atoms with Gasteiger partial charge in [0.25, 0.3) is 0 Å². The monoisotopic (exact) mass is 346 g/mol. The van der Waals surface area contributed by atoms with Crippen LogP contribution in [0.2, 0.25) is 5.02 Å². The Hall–Kier alpha value is -1.41. The number of sulfonamides is 1. The number of halogens is 2. The molecule has 0 radical (unpaired) electrons. The average molecular weight is 347 g/mol. The molecule has 0 spiro atoms. The van der Waals surface area contributed by atoms with Crippen molar-refractivity contribution in [3.05, 3.63) is 53.2 Å². The first-order chi connectivity index (χ1) is 10.3. The van der Waals surface area contributed by atoms with Crippen LogP contribution in [0.5, 0.6) is 0 Å². The van der Waals surface area contributed by atoms with Crippen LogP contribution >= 0.6 is 11.6 Å². The van der Waals surface area contributed by atoms with Gasteiger partial charge in [0.15, 0.2) is 5.82 Å². The van der Waals surface area contributed by atoms with Gasteiger partial charge >= 0.3 is 0 Å². The van der Waals surface area contributed by atoms with Crippen LogP contribution in [0.4, 0.5) is 4.39 Å². The van der Waals surface area contributed by atoms with Gasteiger partial charge < -0.3 is 4.42 Å². The van der Waals surface area contributed by atoms with Crippen LogP contribution in [0.25, 0.3) is 0 Å². The second kappa shape index (κ2) is 6.78. The van der Waals surface area contributed by atoms with E-state index in [1.54, 1.807) is 31.1 Å². The van der Waals surface area contributed by atoms with E-state index >= 15 is 0 Å². The standard InChI is InChI=1S/C14H16ClFN2O3S/c1-18(2)11(12-6-4-8-21-12)9-17-22(19,20)13-7-3-5-10(15)14(13)16/h3-8,11,17H,9H2,1-2H3. The highest BCUT2D eigenvalue weighted by molar-refractivity contribution is 7.89. The van der Waals surface area contributed by atoms with Gasteiger partial charge in [0.2, 0.25) is 10.0 Å². The van der Waals surface area contributed by atoms with Crippen LogP contribution in [0.3, 0.4) is 0 Å². The number of likely N-dealkylation sites (N-methyl/N-ethyl adjacent to an activating group) is 1. The predicted octanol–water partition coefficient (Wildman–Crippen LogP) is 2.65. The molecule has 5 nitrogen and oxygen atoms in total. The number of rotatable bonds is 6. The molecule has 120 valence electrons. The number of benzene rings is 1. The topological polar surface area (TPSA) is 62.6 Å². The first kappa shape index (κ1) is 17.0. The van der Waals surface area contributed by atoms with Crippen LogP contribution in [0.15, 0.2) is 45.9 Å². The smallest absolute Gasteiger partial charge is 0.243 e. The molecule has 1 aromatic heterocycles. The fourth-order valence-electron chi connectivity index (χ4n) is 1.98. The van der Waals surface area contributed by atoms with Crippen LogP contribution in [-0.4, -0.2) is 34.0 Å². The molecular formula is C14H16ClFN2O3S. The summed E-state index contributed by atoms with van der Waals surface area (Å²) in [4.78, 5) is 1.33. The second-order valence-electron chi connectivity index (χ2n) is 4.90. The summed E-state index contributed by atoms with van der Waals surface area (Å²) in [6.07, 6.45) is 1.51. The molecule has 1 N–H and O–H groups in total. The van der Waals surface area contributed by atoms with Gasteiger partial charge in [0, 0.05) is 6.54 Å². The van der Waals surface area contributed by atoms with E-state index in [1.807, 2.05) is 0 Å². The van der Waals surface area contributed by atoms with E-state index in [1.165, 1.54) is 24.5 Å². The van der Waals surface area contributed by atoms with Crippen molar-refractivity contribution in [2.24, 2.45) is 0 Å². The molecule has 0 aliphatic heterocycles. The quantitative estimate of drug-likeness (QED) is 0.873.